The summed E-state index contributed by atoms with van der Waals surface area (Å²) in [6, 6.07) is 5.18. The van der Waals surface area contributed by atoms with Gasteiger partial charge < -0.3 is 9.88 Å². The number of nitrogens with zero attached hydrogens (tertiary/aromatic N) is 6. The van der Waals surface area contributed by atoms with E-state index in [1.54, 1.807) is 24.5 Å². The number of amides is 1. The molecule has 0 spiro atoms. The minimum atomic E-state index is -2.83. The van der Waals surface area contributed by atoms with E-state index in [0.717, 1.165) is 12.8 Å². The highest BCUT2D eigenvalue weighted by Gasteiger charge is 2.27. The van der Waals surface area contributed by atoms with Crippen LogP contribution in [-0.2, 0) is 6.54 Å². The van der Waals surface area contributed by atoms with E-state index in [2.05, 4.69) is 25.6 Å². The highest BCUT2D eigenvalue weighted by molar-refractivity contribution is 6.04. The lowest BCUT2D eigenvalue weighted by Crippen LogP contribution is -2.15. The third kappa shape index (κ3) is 4.15. The first kappa shape index (κ1) is 19.2. The first-order valence-corrected chi connectivity index (χ1v) is 9.46. The summed E-state index contributed by atoms with van der Waals surface area (Å²) in [5, 5.41) is 14.5. The van der Waals surface area contributed by atoms with Crippen molar-refractivity contribution in [1.29, 1.82) is 0 Å². The normalized spacial score (nSPS) is 14.0. The minimum Gasteiger partial charge on any atom is -0.310 e. The predicted octanol–water partition coefficient (Wildman–Crippen LogP) is 3.72. The summed E-state index contributed by atoms with van der Waals surface area (Å²) in [7, 11) is 0. The average Bonchev–Trinajstić information content (AvgIpc) is 3.19. The topological polar surface area (TPSA) is 90.5 Å². The van der Waals surface area contributed by atoms with E-state index in [0.29, 0.717) is 24.0 Å². The van der Waals surface area contributed by atoms with E-state index >= 15 is 0 Å². The number of anilines is 1. The molecule has 1 N–H and O–H groups in total. The minimum absolute atomic E-state index is 0.131. The molecule has 0 bridgehead atoms. The molecular weight excluding hydrogens is 380 g/mol. The Morgan fingerprint density at radius 1 is 1.31 bits per heavy atom. The molecule has 0 unspecified atom stereocenters. The quantitative estimate of drug-likeness (QED) is 0.652. The summed E-state index contributed by atoms with van der Waals surface area (Å²) in [6.07, 6.45) is 2.27. The number of pyridine rings is 1. The molecule has 0 saturated heterocycles. The van der Waals surface area contributed by atoms with Crippen molar-refractivity contribution in [3.63, 3.8) is 0 Å². The van der Waals surface area contributed by atoms with Gasteiger partial charge in [-0.3, -0.25) is 9.48 Å². The van der Waals surface area contributed by atoms with Gasteiger partial charge in [0.15, 0.2) is 5.82 Å². The van der Waals surface area contributed by atoms with Gasteiger partial charge >= 0.3 is 0 Å². The number of halogens is 2. The Kier molecular flexibility index (Phi) is 5.08. The van der Waals surface area contributed by atoms with Crippen LogP contribution in [0.3, 0.4) is 0 Å². The van der Waals surface area contributed by atoms with E-state index < -0.39 is 18.0 Å². The molecule has 8 nitrogen and oxygen atoms in total. The summed E-state index contributed by atoms with van der Waals surface area (Å²) in [5.74, 6) is 0.577. The molecular formula is C19H21F2N7O. The van der Waals surface area contributed by atoms with Gasteiger partial charge in [-0.15, -0.1) is 10.2 Å². The van der Waals surface area contributed by atoms with Gasteiger partial charge in [0, 0.05) is 18.8 Å². The van der Waals surface area contributed by atoms with E-state index in [-0.39, 0.29) is 17.4 Å². The van der Waals surface area contributed by atoms with Crippen LogP contribution < -0.4 is 5.32 Å². The zero-order valence-corrected chi connectivity index (χ0v) is 16.1. The van der Waals surface area contributed by atoms with Crippen LogP contribution in [0, 0.1) is 5.92 Å². The molecule has 1 amide bonds. The maximum Gasteiger partial charge on any atom is 0.282 e. The molecule has 152 valence electrons. The molecule has 1 aliphatic rings. The number of nitrogens with one attached hydrogen (secondary N) is 1. The predicted molar refractivity (Wildman–Crippen MR) is 101 cm³/mol. The smallest absolute Gasteiger partial charge is 0.282 e. The van der Waals surface area contributed by atoms with E-state index in [4.69, 9.17) is 0 Å². The van der Waals surface area contributed by atoms with Gasteiger partial charge in [0.1, 0.15) is 23.5 Å². The molecule has 0 aliphatic heterocycles. The summed E-state index contributed by atoms with van der Waals surface area (Å²) in [4.78, 5) is 17.0. The third-order valence-electron chi connectivity index (χ3n) is 4.73. The standard InChI is InChI=1S/C19H21F2N7O/c1-11(2)28-10-22-25-18(28)14-4-3-5-15(23-14)24-19(29)13-9-27(8-12-6-7-12)26-16(13)17(20)21/h3-5,9-12,17H,6-8H2,1-2H3,(H,23,24,29). The Bertz CT molecular complexity index is 1020. The largest absolute Gasteiger partial charge is 0.310 e. The van der Waals surface area contributed by atoms with Crippen molar-refractivity contribution in [3.05, 3.63) is 42.0 Å². The van der Waals surface area contributed by atoms with Crippen LogP contribution >= 0.6 is 0 Å². The van der Waals surface area contributed by atoms with Crippen LogP contribution in [0.15, 0.2) is 30.7 Å². The lowest BCUT2D eigenvalue weighted by atomic mass is 10.2. The van der Waals surface area contributed by atoms with Crippen molar-refractivity contribution in [2.45, 2.75) is 45.7 Å². The molecule has 1 saturated carbocycles. The number of carbonyl (C=O) groups excluding carboxylic acids is 1. The Morgan fingerprint density at radius 3 is 2.79 bits per heavy atom. The molecule has 1 fully saturated rings. The number of aromatic nitrogens is 6. The number of carbonyl (C=O) groups is 1. The second-order valence-corrected chi connectivity index (χ2v) is 7.41. The van der Waals surface area contributed by atoms with E-state index in [1.807, 2.05) is 18.4 Å². The Labute approximate surface area is 166 Å². The van der Waals surface area contributed by atoms with Gasteiger partial charge in [-0.25, -0.2) is 13.8 Å². The molecule has 1 aliphatic carbocycles. The van der Waals surface area contributed by atoms with Crippen LogP contribution in [0.2, 0.25) is 0 Å². The van der Waals surface area contributed by atoms with Crippen molar-refractivity contribution in [2.24, 2.45) is 5.92 Å². The summed E-state index contributed by atoms with van der Waals surface area (Å²) in [5.41, 5.74) is -0.135. The lowest BCUT2D eigenvalue weighted by Gasteiger charge is -2.10. The van der Waals surface area contributed by atoms with Gasteiger partial charge in [0.05, 0.1) is 5.56 Å². The third-order valence-corrected chi connectivity index (χ3v) is 4.73. The van der Waals surface area contributed by atoms with Crippen molar-refractivity contribution < 1.29 is 13.6 Å². The lowest BCUT2D eigenvalue weighted by molar-refractivity contribution is 0.101. The molecule has 0 atom stereocenters. The molecule has 29 heavy (non-hydrogen) atoms. The molecule has 10 heteroatoms. The number of alkyl halides is 2. The second kappa shape index (κ2) is 7.69. The zero-order valence-electron chi connectivity index (χ0n) is 16.1. The number of hydrogen-bond donors (Lipinski definition) is 1. The van der Waals surface area contributed by atoms with Crippen molar-refractivity contribution in [3.8, 4) is 11.5 Å². The van der Waals surface area contributed by atoms with Crippen molar-refractivity contribution in [2.75, 3.05) is 5.32 Å². The molecule has 3 heterocycles. The van der Waals surface area contributed by atoms with Crippen LogP contribution in [-0.4, -0.2) is 35.4 Å². The van der Waals surface area contributed by atoms with Gasteiger partial charge in [-0.05, 0) is 44.7 Å². The van der Waals surface area contributed by atoms with E-state index in [9.17, 15) is 13.6 Å². The number of rotatable bonds is 7. The number of hydrogen-bond acceptors (Lipinski definition) is 5. The first-order chi connectivity index (χ1) is 13.9. The Balaban J connectivity index is 1.57. The first-order valence-electron chi connectivity index (χ1n) is 9.46. The van der Waals surface area contributed by atoms with Gasteiger partial charge in [0.2, 0.25) is 0 Å². The Hall–Kier alpha value is -3.17. The Morgan fingerprint density at radius 2 is 2.10 bits per heavy atom. The summed E-state index contributed by atoms with van der Waals surface area (Å²) >= 11 is 0. The monoisotopic (exact) mass is 401 g/mol. The van der Waals surface area contributed by atoms with Crippen molar-refractivity contribution >= 4 is 11.7 Å². The molecule has 3 aromatic heterocycles. The molecule has 4 rings (SSSR count). The molecule has 0 aromatic carbocycles. The van der Waals surface area contributed by atoms with Gasteiger partial charge in [-0.1, -0.05) is 6.07 Å². The van der Waals surface area contributed by atoms with E-state index in [1.165, 1.54) is 10.9 Å². The summed E-state index contributed by atoms with van der Waals surface area (Å²) < 4.78 is 30.0. The maximum absolute atomic E-state index is 13.4. The fourth-order valence-corrected chi connectivity index (χ4v) is 3.05. The molecule has 3 aromatic rings. The highest BCUT2D eigenvalue weighted by Crippen LogP contribution is 2.31. The van der Waals surface area contributed by atoms with Crippen LogP contribution in [0.1, 0.15) is 55.2 Å². The molecule has 0 radical (unpaired) electrons. The zero-order chi connectivity index (χ0) is 20.5. The average molecular weight is 401 g/mol. The van der Waals surface area contributed by atoms with Crippen LogP contribution in [0.5, 0.6) is 0 Å². The fraction of sp³-hybridized carbons (Fsp3) is 0.421. The second-order valence-electron chi connectivity index (χ2n) is 7.41. The SMILES string of the molecule is CC(C)n1cnnc1-c1cccc(NC(=O)c2cn(CC3CC3)nc2C(F)F)n1. The van der Waals surface area contributed by atoms with Gasteiger partial charge in [0.25, 0.3) is 12.3 Å². The van der Waals surface area contributed by atoms with Crippen molar-refractivity contribution in [1.82, 2.24) is 29.5 Å². The summed E-state index contributed by atoms with van der Waals surface area (Å²) in [6.45, 7) is 4.53. The fourth-order valence-electron chi connectivity index (χ4n) is 3.05. The highest BCUT2D eigenvalue weighted by atomic mass is 19.3. The maximum atomic E-state index is 13.4. The van der Waals surface area contributed by atoms with Crippen LogP contribution in [0.4, 0.5) is 14.6 Å². The van der Waals surface area contributed by atoms with Gasteiger partial charge in [-0.2, -0.15) is 5.10 Å². The van der Waals surface area contributed by atoms with Crippen LogP contribution in [0.25, 0.3) is 11.5 Å².